The summed E-state index contributed by atoms with van der Waals surface area (Å²) in [5, 5.41) is 0. The van der Waals surface area contributed by atoms with E-state index in [0.29, 0.717) is 18.7 Å². The van der Waals surface area contributed by atoms with Crippen molar-refractivity contribution in [2.75, 3.05) is 22.9 Å². The Bertz CT molecular complexity index is 1240. The van der Waals surface area contributed by atoms with E-state index in [9.17, 15) is 26.7 Å². The van der Waals surface area contributed by atoms with Gasteiger partial charge in [0.05, 0.1) is 23.8 Å². The van der Waals surface area contributed by atoms with E-state index in [1.807, 2.05) is 12.1 Å². The molecule has 182 valence electrons. The fraction of sp³-hybridized carbons (Fsp3) is 0.269. The predicted octanol–water partition coefficient (Wildman–Crippen LogP) is 6.20. The van der Waals surface area contributed by atoms with Crippen molar-refractivity contribution in [2.24, 2.45) is 0 Å². The van der Waals surface area contributed by atoms with Gasteiger partial charge in [-0.1, -0.05) is 42.5 Å². The lowest BCUT2D eigenvalue weighted by Gasteiger charge is -2.40. The number of amides is 2. The van der Waals surface area contributed by atoms with Gasteiger partial charge < -0.3 is 9.80 Å². The van der Waals surface area contributed by atoms with Crippen molar-refractivity contribution < 1.29 is 26.7 Å². The van der Waals surface area contributed by atoms with E-state index in [1.165, 1.54) is 41.3 Å². The van der Waals surface area contributed by atoms with E-state index in [4.69, 9.17) is 0 Å². The lowest BCUT2D eigenvalue weighted by molar-refractivity contribution is -0.138. The van der Waals surface area contributed by atoms with E-state index >= 15 is 0 Å². The second-order valence-corrected chi connectivity index (χ2v) is 8.74. The lowest BCUT2D eigenvalue weighted by atomic mass is 10.0. The number of halogens is 5. The second kappa shape index (κ2) is 8.87. The normalized spacial score (nSPS) is 18.3. The summed E-state index contributed by atoms with van der Waals surface area (Å²) in [6, 6.07) is 15.2. The first-order valence-electron chi connectivity index (χ1n) is 11.2. The van der Waals surface area contributed by atoms with Crippen molar-refractivity contribution in [1.29, 1.82) is 0 Å². The Kier molecular flexibility index (Phi) is 5.86. The standard InChI is InChI=1S/C26H22F5N3O/c27-21-9-5-10-22(28)24(21)32-13-12-19(16-32)33-15-18-7-2-4-11-23(18)34(25(33)35)14-17-6-1-3-8-20(17)26(29,30)31/h1-11,19H,12-16H2/t19-/m0/s1. The minimum Gasteiger partial charge on any atom is -0.365 e. The molecule has 1 atom stereocenters. The molecule has 0 unspecified atom stereocenters. The van der Waals surface area contributed by atoms with Crippen LogP contribution in [0, 0.1) is 11.6 Å². The summed E-state index contributed by atoms with van der Waals surface area (Å²) in [6.45, 7) is 0.592. The molecule has 9 heteroatoms. The number of para-hydroxylation sites is 2. The van der Waals surface area contributed by atoms with Gasteiger partial charge in [0.2, 0.25) is 0 Å². The van der Waals surface area contributed by atoms with Crippen molar-refractivity contribution in [3.8, 4) is 0 Å². The van der Waals surface area contributed by atoms with Gasteiger partial charge >= 0.3 is 12.2 Å². The van der Waals surface area contributed by atoms with Gasteiger partial charge in [0.15, 0.2) is 0 Å². The number of nitrogens with zero attached hydrogens (tertiary/aromatic N) is 3. The Balaban J connectivity index is 1.45. The summed E-state index contributed by atoms with van der Waals surface area (Å²) in [4.78, 5) is 18.1. The van der Waals surface area contributed by atoms with Crippen LogP contribution in [0.15, 0.2) is 66.7 Å². The highest BCUT2D eigenvalue weighted by atomic mass is 19.4. The minimum absolute atomic E-state index is 0.00789. The van der Waals surface area contributed by atoms with Crippen molar-refractivity contribution >= 4 is 17.4 Å². The summed E-state index contributed by atoms with van der Waals surface area (Å²) in [5.41, 5.74) is 0.430. The van der Waals surface area contributed by atoms with E-state index < -0.39 is 29.4 Å². The molecule has 1 fully saturated rings. The molecule has 3 aromatic carbocycles. The van der Waals surface area contributed by atoms with Gasteiger partial charge in [-0.25, -0.2) is 13.6 Å². The molecule has 4 nitrogen and oxygen atoms in total. The van der Waals surface area contributed by atoms with Crippen molar-refractivity contribution in [2.45, 2.75) is 31.7 Å². The third-order valence-electron chi connectivity index (χ3n) is 6.61. The summed E-state index contributed by atoms with van der Waals surface area (Å²) >= 11 is 0. The molecular formula is C26H22F5N3O. The number of rotatable bonds is 4. The number of alkyl halides is 3. The van der Waals surface area contributed by atoms with Crippen molar-refractivity contribution in [3.05, 3.63) is 95.1 Å². The first-order valence-corrected chi connectivity index (χ1v) is 11.2. The lowest BCUT2D eigenvalue weighted by Crippen LogP contribution is -2.52. The van der Waals surface area contributed by atoms with Crippen LogP contribution in [-0.2, 0) is 19.3 Å². The molecule has 1 saturated heterocycles. The van der Waals surface area contributed by atoms with Crippen LogP contribution in [-0.4, -0.2) is 30.1 Å². The van der Waals surface area contributed by atoms with E-state index in [2.05, 4.69) is 0 Å². The SMILES string of the molecule is O=C1N(Cc2ccccc2C(F)(F)F)c2ccccc2CN1[C@H]1CCN(c2c(F)cccc2F)C1. The van der Waals surface area contributed by atoms with Crippen LogP contribution in [0.1, 0.15) is 23.1 Å². The van der Waals surface area contributed by atoms with Gasteiger partial charge in [-0.2, -0.15) is 13.2 Å². The molecule has 2 heterocycles. The Morgan fingerprint density at radius 1 is 0.886 bits per heavy atom. The summed E-state index contributed by atoms with van der Waals surface area (Å²) in [5.74, 6) is -1.35. The van der Waals surface area contributed by atoms with Gasteiger partial charge in [0, 0.05) is 19.6 Å². The van der Waals surface area contributed by atoms with Crippen LogP contribution >= 0.6 is 0 Å². The van der Waals surface area contributed by atoms with Gasteiger partial charge in [-0.15, -0.1) is 0 Å². The average Bonchev–Trinajstić information content (AvgIpc) is 3.29. The molecule has 0 aliphatic carbocycles. The molecule has 0 spiro atoms. The van der Waals surface area contributed by atoms with E-state index in [1.54, 1.807) is 21.9 Å². The summed E-state index contributed by atoms with van der Waals surface area (Å²) in [6.07, 6.45) is -4.07. The Morgan fingerprint density at radius 2 is 1.57 bits per heavy atom. The van der Waals surface area contributed by atoms with Gasteiger partial charge in [-0.05, 0) is 41.8 Å². The topological polar surface area (TPSA) is 26.8 Å². The highest BCUT2D eigenvalue weighted by Gasteiger charge is 2.40. The maximum atomic E-state index is 14.3. The molecular weight excluding hydrogens is 465 g/mol. The second-order valence-electron chi connectivity index (χ2n) is 8.74. The third kappa shape index (κ3) is 4.31. The van der Waals surface area contributed by atoms with Crippen LogP contribution in [0.25, 0.3) is 0 Å². The number of benzene rings is 3. The van der Waals surface area contributed by atoms with Crippen molar-refractivity contribution in [3.63, 3.8) is 0 Å². The number of anilines is 2. The number of hydrogen-bond acceptors (Lipinski definition) is 2. The molecule has 0 radical (unpaired) electrons. The largest absolute Gasteiger partial charge is 0.416 e. The fourth-order valence-electron chi connectivity index (χ4n) is 4.95. The maximum Gasteiger partial charge on any atom is 0.416 e. The number of carbonyl (C=O) groups is 1. The minimum atomic E-state index is -4.55. The molecule has 35 heavy (non-hydrogen) atoms. The van der Waals surface area contributed by atoms with Crippen LogP contribution in [0.2, 0.25) is 0 Å². The number of fused-ring (bicyclic) bond motifs is 1. The highest BCUT2D eigenvalue weighted by molar-refractivity contribution is 5.95. The molecule has 0 N–H and O–H groups in total. The number of hydrogen-bond donors (Lipinski definition) is 0. The molecule has 5 rings (SSSR count). The molecule has 2 aliphatic rings. The number of carbonyl (C=O) groups excluding carboxylic acids is 1. The van der Waals surface area contributed by atoms with Crippen LogP contribution < -0.4 is 9.80 Å². The molecule has 3 aromatic rings. The number of urea groups is 1. The van der Waals surface area contributed by atoms with E-state index in [-0.39, 0.29) is 36.9 Å². The molecule has 2 aliphatic heterocycles. The monoisotopic (exact) mass is 487 g/mol. The third-order valence-corrected chi connectivity index (χ3v) is 6.61. The van der Waals surface area contributed by atoms with Crippen LogP contribution in [0.4, 0.5) is 38.1 Å². The van der Waals surface area contributed by atoms with Gasteiger partial charge in [0.25, 0.3) is 0 Å². The van der Waals surface area contributed by atoms with Crippen molar-refractivity contribution in [1.82, 2.24) is 4.90 Å². The zero-order chi connectivity index (χ0) is 24.7. The average molecular weight is 487 g/mol. The molecule has 0 aromatic heterocycles. The quantitative estimate of drug-likeness (QED) is 0.410. The fourth-order valence-corrected chi connectivity index (χ4v) is 4.95. The maximum absolute atomic E-state index is 14.3. The molecule has 2 amide bonds. The summed E-state index contributed by atoms with van der Waals surface area (Å²) in [7, 11) is 0. The smallest absolute Gasteiger partial charge is 0.365 e. The molecule has 0 bridgehead atoms. The van der Waals surface area contributed by atoms with Gasteiger partial charge in [0.1, 0.15) is 17.3 Å². The predicted molar refractivity (Wildman–Crippen MR) is 122 cm³/mol. The summed E-state index contributed by atoms with van der Waals surface area (Å²) < 4.78 is 69.5. The first kappa shape index (κ1) is 23.1. The Labute approximate surface area is 199 Å². The van der Waals surface area contributed by atoms with Crippen LogP contribution in [0.3, 0.4) is 0 Å². The molecule has 0 saturated carbocycles. The van der Waals surface area contributed by atoms with Gasteiger partial charge in [-0.3, -0.25) is 4.90 Å². The zero-order valence-electron chi connectivity index (χ0n) is 18.6. The Morgan fingerprint density at radius 3 is 2.31 bits per heavy atom. The first-order chi connectivity index (χ1) is 16.7. The Hall–Kier alpha value is -3.62. The van der Waals surface area contributed by atoms with Crippen LogP contribution in [0.5, 0.6) is 0 Å². The zero-order valence-corrected chi connectivity index (χ0v) is 18.6. The highest BCUT2D eigenvalue weighted by Crippen LogP contribution is 2.37. The van der Waals surface area contributed by atoms with E-state index in [0.717, 1.165) is 11.6 Å².